The standard InChI is InChI=1S/C24H25N3O2/c28-23(16-29-22-12-9-17-4-3-5-19(17)14-22)26-20-10-7-18(8-11-20)24-25-15-21-6-1-2-13-27(21)24/h7-12,14-15H,1-6,13,16H2,(H,26,28). The van der Waals surface area contributed by atoms with E-state index in [0.717, 1.165) is 48.6 Å². The van der Waals surface area contributed by atoms with Gasteiger partial charge < -0.3 is 14.6 Å². The Labute approximate surface area is 170 Å². The van der Waals surface area contributed by atoms with E-state index in [-0.39, 0.29) is 12.5 Å². The van der Waals surface area contributed by atoms with Gasteiger partial charge in [0, 0.05) is 29.7 Å². The maximum atomic E-state index is 12.3. The summed E-state index contributed by atoms with van der Waals surface area (Å²) in [4.78, 5) is 16.9. The van der Waals surface area contributed by atoms with E-state index in [1.807, 2.05) is 36.5 Å². The SMILES string of the molecule is O=C(COc1ccc2c(c1)CCC2)Nc1ccc(-c2ncc3n2CCCC3)cc1. The van der Waals surface area contributed by atoms with Crippen LogP contribution in [0.2, 0.25) is 0 Å². The van der Waals surface area contributed by atoms with Crippen LogP contribution in [-0.2, 0) is 30.6 Å². The van der Waals surface area contributed by atoms with Gasteiger partial charge in [-0.3, -0.25) is 4.79 Å². The Balaban J connectivity index is 1.20. The van der Waals surface area contributed by atoms with Crippen molar-refractivity contribution in [1.29, 1.82) is 0 Å². The largest absolute Gasteiger partial charge is 0.484 e. The molecule has 0 atom stereocenters. The zero-order valence-corrected chi connectivity index (χ0v) is 16.5. The Hall–Kier alpha value is -3.08. The highest BCUT2D eigenvalue weighted by atomic mass is 16.5. The molecule has 1 aliphatic carbocycles. The van der Waals surface area contributed by atoms with Crippen LogP contribution in [0.15, 0.2) is 48.7 Å². The Kier molecular flexibility index (Phi) is 4.80. The van der Waals surface area contributed by atoms with Crippen LogP contribution in [0.5, 0.6) is 5.75 Å². The second-order valence-corrected chi connectivity index (χ2v) is 7.88. The minimum Gasteiger partial charge on any atom is -0.484 e. The molecule has 3 aromatic rings. The molecule has 0 unspecified atom stereocenters. The summed E-state index contributed by atoms with van der Waals surface area (Å²) >= 11 is 0. The predicted molar refractivity (Wildman–Crippen MR) is 113 cm³/mol. The van der Waals surface area contributed by atoms with Crippen LogP contribution in [0.1, 0.15) is 36.1 Å². The summed E-state index contributed by atoms with van der Waals surface area (Å²) < 4.78 is 7.99. The number of hydrogen-bond acceptors (Lipinski definition) is 3. The highest BCUT2D eigenvalue weighted by molar-refractivity contribution is 5.92. The summed E-state index contributed by atoms with van der Waals surface area (Å²) in [6.45, 7) is 1.04. The number of ether oxygens (including phenoxy) is 1. The van der Waals surface area contributed by atoms with Crippen LogP contribution in [-0.4, -0.2) is 22.1 Å². The molecule has 0 saturated heterocycles. The first-order valence-corrected chi connectivity index (χ1v) is 10.5. The molecule has 2 heterocycles. The van der Waals surface area contributed by atoms with Crippen LogP contribution in [0.4, 0.5) is 5.69 Å². The van der Waals surface area contributed by atoms with E-state index in [2.05, 4.69) is 27.0 Å². The molecule has 2 aromatic carbocycles. The normalized spacial score (nSPS) is 14.9. The van der Waals surface area contributed by atoms with Crippen LogP contribution in [0, 0.1) is 0 Å². The summed E-state index contributed by atoms with van der Waals surface area (Å²) in [5.41, 5.74) is 5.90. The number of nitrogens with one attached hydrogen (secondary N) is 1. The number of aromatic nitrogens is 2. The van der Waals surface area contributed by atoms with Crippen molar-refractivity contribution < 1.29 is 9.53 Å². The van der Waals surface area contributed by atoms with E-state index < -0.39 is 0 Å². The van der Waals surface area contributed by atoms with Gasteiger partial charge in [0.1, 0.15) is 11.6 Å². The fourth-order valence-electron chi connectivity index (χ4n) is 4.35. The van der Waals surface area contributed by atoms with Crippen LogP contribution >= 0.6 is 0 Å². The first-order valence-electron chi connectivity index (χ1n) is 10.5. The van der Waals surface area contributed by atoms with E-state index in [9.17, 15) is 4.79 Å². The molecule has 1 amide bonds. The van der Waals surface area contributed by atoms with Crippen LogP contribution < -0.4 is 10.1 Å². The smallest absolute Gasteiger partial charge is 0.262 e. The van der Waals surface area contributed by atoms with Gasteiger partial charge in [0.2, 0.25) is 0 Å². The average molecular weight is 387 g/mol. The van der Waals surface area contributed by atoms with Gasteiger partial charge in [-0.1, -0.05) is 6.07 Å². The highest BCUT2D eigenvalue weighted by Crippen LogP contribution is 2.27. The number of carbonyl (C=O) groups excluding carboxylic acids is 1. The van der Waals surface area contributed by atoms with Crippen molar-refractivity contribution in [1.82, 2.24) is 9.55 Å². The number of amides is 1. The number of benzene rings is 2. The van der Waals surface area contributed by atoms with Crippen LogP contribution in [0.3, 0.4) is 0 Å². The van der Waals surface area contributed by atoms with E-state index in [1.54, 1.807) is 0 Å². The lowest BCUT2D eigenvalue weighted by Gasteiger charge is -2.16. The first-order chi connectivity index (χ1) is 14.3. The lowest BCUT2D eigenvalue weighted by molar-refractivity contribution is -0.118. The molecule has 2 aliphatic rings. The molecule has 1 aliphatic heterocycles. The zero-order valence-electron chi connectivity index (χ0n) is 16.5. The molecule has 0 spiro atoms. The maximum absolute atomic E-state index is 12.3. The van der Waals surface area contributed by atoms with Gasteiger partial charge in [0.25, 0.3) is 5.91 Å². The molecule has 0 radical (unpaired) electrons. The average Bonchev–Trinajstić information content (AvgIpc) is 3.39. The van der Waals surface area contributed by atoms with Gasteiger partial charge in [0.15, 0.2) is 6.61 Å². The third kappa shape index (κ3) is 3.77. The second-order valence-electron chi connectivity index (χ2n) is 7.88. The monoisotopic (exact) mass is 387 g/mol. The van der Waals surface area contributed by atoms with Gasteiger partial charge in [-0.15, -0.1) is 0 Å². The van der Waals surface area contributed by atoms with Crippen LogP contribution in [0.25, 0.3) is 11.4 Å². The summed E-state index contributed by atoms with van der Waals surface area (Å²) in [5, 5.41) is 2.91. The third-order valence-electron chi connectivity index (χ3n) is 5.87. The molecule has 148 valence electrons. The fraction of sp³-hybridized carbons (Fsp3) is 0.333. The van der Waals surface area contributed by atoms with Gasteiger partial charge in [-0.25, -0.2) is 4.98 Å². The molecule has 1 N–H and O–H groups in total. The lowest BCUT2D eigenvalue weighted by Crippen LogP contribution is -2.20. The van der Waals surface area contributed by atoms with E-state index in [0.29, 0.717) is 0 Å². The Morgan fingerprint density at radius 3 is 2.76 bits per heavy atom. The second kappa shape index (κ2) is 7.74. The summed E-state index contributed by atoms with van der Waals surface area (Å²) in [7, 11) is 0. The Morgan fingerprint density at radius 2 is 1.86 bits per heavy atom. The van der Waals surface area contributed by atoms with Crippen molar-refractivity contribution in [3.63, 3.8) is 0 Å². The number of fused-ring (bicyclic) bond motifs is 2. The van der Waals surface area contributed by atoms with Crippen molar-refractivity contribution in [2.45, 2.75) is 45.1 Å². The predicted octanol–water partition coefficient (Wildman–Crippen LogP) is 4.39. The molecule has 0 saturated carbocycles. The molecule has 5 nitrogen and oxygen atoms in total. The summed E-state index contributed by atoms with van der Waals surface area (Å²) in [5.74, 6) is 1.62. The maximum Gasteiger partial charge on any atom is 0.262 e. The minimum atomic E-state index is -0.156. The number of carbonyl (C=O) groups is 1. The number of anilines is 1. The highest BCUT2D eigenvalue weighted by Gasteiger charge is 2.15. The number of rotatable bonds is 5. The lowest BCUT2D eigenvalue weighted by atomic mass is 10.1. The molecular weight excluding hydrogens is 362 g/mol. The zero-order chi connectivity index (χ0) is 19.6. The van der Waals surface area contributed by atoms with Gasteiger partial charge >= 0.3 is 0 Å². The van der Waals surface area contributed by atoms with E-state index in [1.165, 1.54) is 36.1 Å². The van der Waals surface area contributed by atoms with Crippen molar-refractivity contribution >= 4 is 11.6 Å². The molecule has 0 fully saturated rings. The quantitative estimate of drug-likeness (QED) is 0.706. The Morgan fingerprint density at radius 1 is 1.00 bits per heavy atom. The van der Waals surface area contributed by atoms with Gasteiger partial charge in [0.05, 0.1) is 0 Å². The van der Waals surface area contributed by atoms with Crippen molar-refractivity contribution in [3.05, 3.63) is 65.5 Å². The Bertz CT molecular complexity index is 1040. The number of nitrogens with zero attached hydrogens (tertiary/aromatic N) is 2. The number of hydrogen-bond donors (Lipinski definition) is 1. The first kappa shape index (κ1) is 18.0. The van der Waals surface area contributed by atoms with Gasteiger partial charge in [-0.2, -0.15) is 0 Å². The topological polar surface area (TPSA) is 56.1 Å². The molecule has 5 heteroatoms. The molecule has 29 heavy (non-hydrogen) atoms. The van der Waals surface area contributed by atoms with Crippen molar-refractivity contribution in [3.8, 4) is 17.1 Å². The number of aryl methyl sites for hydroxylation is 3. The fourth-order valence-corrected chi connectivity index (χ4v) is 4.35. The number of imidazole rings is 1. The molecular formula is C24H25N3O2. The summed E-state index contributed by atoms with van der Waals surface area (Å²) in [6.07, 6.45) is 8.99. The molecule has 5 rings (SSSR count). The van der Waals surface area contributed by atoms with Crippen molar-refractivity contribution in [2.24, 2.45) is 0 Å². The third-order valence-corrected chi connectivity index (χ3v) is 5.87. The minimum absolute atomic E-state index is 0.00824. The summed E-state index contributed by atoms with van der Waals surface area (Å²) in [6, 6.07) is 14.0. The van der Waals surface area contributed by atoms with E-state index in [4.69, 9.17) is 4.74 Å². The van der Waals surface area contributed by atoms with Crippen molar-refractivity contribution in [2.75, 3.05) is 11.9 Å². The molecule has 1 aromatic heterocycles. The van der Waals surface area contributed by atoms with Gasteiger partial charge in [-0.05, 0) is 86.1 Å². The molecule has 0 bridgehead atoms. The van der Waals surface area contributed by atoms with E-state index >= 15 is 0 Å².